The molecule has 0 aliphatic carbocycles. The van der Waals surface area contributed by atoms with Gasteiger partial charge in [-0.3, -0.25) is 4.68 Å². The van der Waals surface area contributed by atoms with Crippen molar-refractivity contribution in [2.75, 3.05) is 6.54 Å². The van der Waals surface area contributed by atoms with E-state index in [4.69, 9.17) is 5.73 Å². The monoisotopic (exact) mass is 460 g/mol. The van der Waals surface area contributed by atoms with Gasteiger partial charge in [0.1, 0.15) is 5.70 Å². The molecule has 0 radical (unpaired) electrons. The minimum atomic E-state index is -3.76. The Balaban J connectivity index is 2.47. The quantitative estimate of drug-likeness (QED) is 0.493. The molecule has 0 bridgehead atoms. The Hall–Kier alpha value is -2.82. The van der Waals surface area contributed by atoms with E-state index in [1.165, 1.54) is 0 Å². The third-order valence-electron chi connectivity index (χ3n) is 4.88. The summed E-state index contributed by atoms with van der Waals surface area (Å²) < 4.78 is 29.7. The first-order chi connectivity index (χ1) is 14.7. The summed E-state index contributed by atoms with van der Waals surface area (Å²) in [6.45, 7) is 12.4. The van der Waals surface area contributed by atoms with Crippen molar-refractivity contribution in [2.24, 2.45) is 22.8 Å². The van der Waals surface area contributed by atoms with Gasteiger partial charge < -0.3 is 10.8 Å². The highest BCUT2D eigenvalue weighted by Gasteiger charge is 2.19. The number of aliphatic hydroxyl groups is 1. The minimum Gasteiger partial charge on any atom is -0.390 e. The van der Waals surface area contributed by atoms with E-state index in [-0.39, 0.29) is 23.7 Å². The molecule has 174 valence electrons. The van der Waals surface area contributed by atoms with Crippen molar-refractivity contribution in [3.8, 4) is 0 Å². The lowest BCUT2D eigenvalue weighted by molar-refractivity contribution is 0.0728. The van der Waals surface area contributed by atoms with E-state index < -0.39 is 15.6 Å². The van der Waals surface area contributed by atoms with Crippen LogP contribution in [-0.4, -0.2) is 47.9 Å². The van der Waals surface area contributed by atoms with Crippen molar-refractivity contribution in [1.82, 2.24) is 14.5 Å². The molecule has 32 heavy (non-hydrogen) atoms. The zero-order valence-corrected chi connectivity index (χ0v) is 20.3. The van der Waals surface area contributed by atoms with E-state index in [0.29, 0.717) is 22.7 Å². The van der Waals surface area contributed by atoms with Gasteiger partial charge in [-0.1, -0.05) is 6.07 Å². The normalized spacial score (nSPS) is 13.8. The van der Waals surface area contributed by atoms with Gasteiger partial charge in [0.25, 0.3) is 0 Å². The smallest absolute Gasteiger partial charge is 0.240 e. The molecule has 1 aromatic carbocycles. The molecule has 2 rings (SSSR count). The number of hydrogen-bond donors (Lipinski definition) is 3. The Kier molecular flexibility index (Phi) is 7.76. The summed E-state index contributed by atoms with van der Waals surface area (Å²) in [6, 6.07) is 6.68. The van der Waals surface area contributed by atoms with Crippen LogP contribution in [0.25, 0.3) is 5.70 Å². The summed E-state index contributed by atoms with van der Waals surface area (Å²) in [6.07, 6.45) is 0.289. The molecule has 1 heterocycles. The average Bonchev–Trinajstić information content (AvgIpc) is 3.02. The van der Waals surface area contributed by atoms with Gasteiger partial charge in [-0.2, -0.15) is 5.10 Å². The summed E-state index contributed by atoms with van der Waals surface area (Å²) in [5.74, 6) is 0.141. The molecule has 0 amide bonds. The first-order valence-electron chi connectivity index (χ1n) is 10.1. The molecule has 2 aromatic rings. The van der Waals surface area contributed by atoms with Crippen LogP contribution in [0.2, 0.25) is 0 Å². The molecule has 9 nitrogen and oxygen atoms in total. The lowest BCUT2D eigenvalue weighted by atomic mass is 10.1. The lowest BCUT2D eigenvalue weighted by Crippen LogP contribution is -2.30. The standard InChI is InChI=1S/C22H32N6O3S/c1-14-8-9-17(32(30,31)25-11-10-22(4,5)29)13-18(14)16(3)26-20(21(23)24-6)19-12-15(2)27-28(19)7/h8-9,12-13,25,29H,6,10-11,23H2,1-5,7H3/b21-20-,26-16+. The maximum Gasteiger partial charge on any atom is 0.240 e. The van der Waals surface area contributed by atoms with Crippen LogP contribution in [0.5, 0.6) is 0 Å². The number of sulfonamides is 1. The fourth-order valence-corrected chi connectivity index (χ4v) is 4.17. The topological polar surface area (TPSA) is 135 Å². The van der Waals surface area contributed by atoms with E-state index in [9.17, 15) is 13.5 Å². The predicted octanol–water partition coefficient (Wildman–Crippen LogP) is 2.27. The summed E-state index contributed by atoms with van der Waals surface area (Å²) in [5.41, 5.74) is 9.04. The van der Waals surface area contributed by atoms with Crippen LogP contribution in [0.4, 0.5) is 0 Å². The molecular formula is C22H32N6O3S. The van der Waals surface area contributed by atoms with Gasteiger partial charge >= 0.3 is 0 Å². The zero-order chi connectivity index (χ0) is 24.3. The van der Waals surface area contributed by atoms with Gasteiger partial charge in [0.05, 0.1) is 21.9 Å². The van der Waals surface area contributed by atoms with Gasteiger partial charge in [0, 0.05) is 19.3 Å². The average molecular weight is 461 g/mol. The molecule has 0 spiro atoms. The maximum absolute atomic E-state index is 12.8. The molecule has 0 aliphatic heterocycles. The summed E-state index contributed by atoms with van der Waals surface area (Å²) in [4.78, 5) is 8.61. The Morgan fingerprint density at radius 3 is 2.50 bits per heavy atom. The number of hydrogen-bond acceptors (Lipinski definition) is 7. The van der Waals surface area contributed by atoms with Crippen LogP contribution in [0.15, 0.2) is 45.0 Å². The number of benzene rings is 1. The Morgan fingerprint density at radius 1 is 1.31 bits per heavy atom. The second-order valence-corrected chi connectivity index (χ2v) is 10.1. The van der Waals surface area contributed by atoms with Gasteiger partial charge in [-0.05, 0) is 77.1 Å². The number of aromatic nitrogens is 2. The highest BCUT2D eigenvalue weighted by Crippen LogP contribution is 2.23. The first-order valence-corrected chi connectivity index (χ1v) is 11.6. The number of aryl methyl sites for hydroxylation is 3. The summed E-state index contributed by atoms with van der Waals surface area (Å²) >= 11 is 0. The molecule has 0 unspecified atom stereocenters. The van der Waals surface area contributed by atoms with E-state index in [2.05, 4.69) is 26.5 Å². The fraction of sp³-hybridized carbons (Fsp3) is 0.409. The zero-order valence-electron chi connectivity index (χ0n) is 19.5. The highest BCUT2D eigenvalue weighted by molar-refractivity contribution is 7.89. The van der Waals surface area contributed by atoms with Crippen LogP contribution in [-0.2, 0) is 17.1 Å². The van der Waals surface area contributed by atoms with Crippen LogP contribution >= 0.6 is 0 Å². The van der Waals surface area contributed by atoms with Crippen LogP contribution in [0.1, 0.15) is 49.7 Å². The fourth-order valence-electron chi connectivity index (χ4n) is 3.11. The van der Waals surface area contributed by atoms with Gasteiger partial charge in [-0.25, -0.2) is 23.1 Å². The number of nitrogens with one attached hydrogen (secondary N) is 1. The second kappa shape index (κ2) is 9.76. The van der Waals surface area contributed by atoms with E-state index in [1.54, 1.807) is 50.7 Å². The van der Waals surface area contributed by atoms with Gasteiger partial charge in [0.2, 0.25) is 10.0 Å². The Labute approximate surface area is 189 Å². The van der Waals surface area contributed by atoms with Crippen molar-refractivity contribution in [3.63, 3.8) is 0 Å². The number of nitrogens with zero attached hydrogens (tertiary/aromatic N) is 4. The number of rotatable bonds is 9. The molecule has 0 saturated heterocycles. The second-order valence-electron chi connectivity index (χ2n) is 8.32. The Morgan fingerprint density at radius 2 is 1.97 bits per heavy atom. The van der Waals surface area contributed by atoms with Crippen molar-refractivity contribution in [2.45, 2.75) is 51.5 Å². The molecule has 0 fully saturated rings. The van der Waals surface area contributed by atoms with Crippen molar-refractivity contribution < 1.29 is 13.5 Å². The maximum atomic E-state index is 12.8. The molecule has 0 aliphatic rings. The van der Waals surface area contributed by atoms with Crippen LogP contribution in [0, 0.1) is 13.8 Å². The van der Waals surface area contributed by atoms with Crippen molar-refractivity contribution >= 4 is 28.1 Å². The van der Waals surface area contributed by atoms with Crippen molar-refractivity contribution in [3.05, 3.63) is 52.6 Å². The van der Waals surface area contributed by atoms with E-state index in [0.717, 1.165) is 11.3 Å². The van der Waals surface area contributed by atoms with Crippen molar-refractivity contribution in [1.29, 1.82) is 0 Å². The molecule has 10 heteroatoms. The van der Waals surface area contributed by atoms with E-state index >= 15 is 0 Å². The largest absolute Gasteiger partial charge is 0.390 e. The minimum absolute atomic E-state index is 0.111. The SMILES string of the molecule is C=N/C(N)=C(\N=C(/C)c1cc(S(=O)(=O)NCCC(C)(C)O)ccc1C)c1cc(C)nn1C. The Bertz CT molecular complexity index is 1170. The molecule has 4 N–H and O–H groups in total. The third kappa shape index (κ3) is 6.35. The lowest BCUT2D eigenvalue weighted by Gasteiger charge is -2.17. The number of nitrogens with two attached hydrogens (primary N) is 1. The third-order valence-corrected chi connectivity index (χ3v) is 6.33. The molecule has 1 aromatic heterocycles. The van der Waals surface area contributed by atoms with Gasteiger partial charge in [0.15, 0.2) is 5.82 Å². The summed E-state index contributed by atoms with van der Waals surface area (Å²) in [5, 5.41) is 14.1. The van der Waals surface area contributed by atoms with E-state index in [1.807, 2.05) is 19.9 Å². The van der Waals surface area contributed by atoms with Crippen LogP contribution in [0.3, 0.4) is 0 Å². The predicted molar refractivity (Wildman–Crippen MR) is 128 cm³/mol. The summed E-state index contributed by atoms with van der Waals surface area (Å²) in [7, 11) is -1.98. The first kappa shape index (κ1) is 25.4. The molecule has 0 saturated carbocycles. The van der Waals surface area contributed by atoms with Gasteiger partial charge in [-0.15, -0.1) is 0 Å². The molecular weight excluding hydrogens is 428 g/mol. The van der Waals surface area contributed by atoms with Crippen LogP contribution < -0.4 is 10.5 Å². The highest BCUT2D eigenvalue weighted by atomic mass is 32.2. The molecule has 0 atom stereocenters. The number of aliphatic imine (C=N–C) groups is 2.